The largest absolute Gasteiger partial charge is 0.352 e. The molecule has 3 fully saturated rings. The van der Waals surface area contributed by atoms with Crippen molar-refractivity contribution in [1.29, 1.82) is 0 Å². The average Bonchev–Trinajstić information content (AvgIpc) is 3.33. The van der Waals surface area contributed by atoms with Crippen LogP contribution < -0.4 is 10.6 Å². The normalized spacial score (nSPS) is 26.8. The summed E-state index contributed by atoms with van der Waals surface area (Å²) in [6.07, 6.45) is 4.99. The number of likely N-dealkylation sites (tertiary alicyclic amines) is 1. The first-order valence-corrected chi connectivity index (χ1v) is 8.58. The Balaban J connectivity index is 1.48. The van der Waals surface area contributed by atoms with Crippen LogP contribution in [0.25, 0.3) is 0 Å². The minimum Gasteiger partial charge on any atom is -0.352 e. The highest BCUT2D eigenvalue weighted by Crippen LogP contribution is 2.29. The molecule has 1 aliphatic carbocycles. The predicted octanol–water partition coefficient (Wildman–Crippen LogP) is 0.413. The van der Waals surface area contributed by atoms with Gasteiger partial charge in [-0.25, -0.2) is 0 Å². The summed E-state index contributed by atoms with van der Waals surface area (Å²) >= 11 is 0. The molecular weight excluding hydrogens is 264 g/mol. The van der Waals surface area contributed by atoms with Crippen LogP contribution in [0, 0.1) is 0 Å². The van der Waals surface area contributed by atoms with Gasteiger partial charge in [0.1, 0.15) is 0 Å². The lowest BCUT2D eigenvalue weighted by Gasteiger charge is -2.41. The summed E-state index contributed by atoms with van der Waals surface area (Å²) < 4.78 is 0. The van der Waals surface area contributed by atoms with Gasteiger partial charge < -0.3 is 15.5 Å². The molecule has 2 heterocycles. The second kappa shape index (κ2) is 6.23. The third-order valence-electron chi connectivity index (χ3n) is 5.39. The van der Waals surface area contributed by atoms with E-state index in [9.17, 15) is 4.79 Å². The molecule has 21 heavy (non-hydrogen) atoms. The number of nitrogens with zero attached hydrogens (tertiary/aromatic N) is 2. The molecule has 2 aliphatic heterocycles. The average molecular weight is 294 g/mol. The highest BCUT2D eigenvalue weighted by Gasteiger charge is 2.37. The van der Waals surface area contributed by atoms with E-state index >= 15 is 0 Å². The Morgan fingerprint density at radius 1 is 1.05 bits per heavy atom. The number of piperidine rings is 1. The van der Waals surface area contributed by atoms with E-state index in [4.69, 9.17) is 0 Å². The quantitative estimate of drug-likeness (QED) is 0.789. The molecule has 2 N–H and O–H groups in total. The lowest BCUT2D eigenvalue weighted by Crippen LogP contribution is -2.61. The Hall–Kier alpha value is -0.650. The molecule has 0 bridgehead atoms. The van der Waals surface area contributed by atoms with Gasteiger partial charge in [-0.15, -0.1) is 0 Å². The van der Waals surface area contributed by atoms with Gasteiger partial charge in [0, 0.05) is 51.4 Å². The fourth-order valence-electron chi connectivity index (χ4n) is 3.58. The van der Waals surface area contributed by atoms with Crippen molar-refractivity contribution in [2.75, 3.05) is 39.3 Å². The standard InChI is InChI=1S/C16H30N4O/c1-16(2,20-11-7-17-8-12-20)15(21)18-13-5-9-19(10-6-13)14-3-4-14/h13-14,17H,3-12H2,1-2H3,(H,18,21). The van der Waals surface area contributed by atoms with Crippen LogP contribution in [0.2, 0.25) is 0 Å². The molecule has 0 aromatic rings. The van der Waals surface area contributed by atoms with Crippen molar-refractivity contribution in [3.05, 3.63) is 0 Å². The van der Waals surface area contributed by atoms with Crippen LogP contribution in [0.5, 0.6) is 0 Å². The summed E-state index contributed by atoms with van der Waals surface area (Å²) in [6, 6.07) is 1.23. The Kier molecular flexibility index (Phi) is 4.52. The molecule has 5 heteroatoms. The van der Waals surface area contributed by atoms with Gasteiger partial charge >= 0.3 is 0 Å². The second-order valence-corrected chi connectivity index (χ2v) is 7.31. The lowest BCUT2D eigenvalue weighted by atomic mass is 9.98. The number of nitrogens with one attached hydrogen (secondary N) is 2. The molecule has 0 unspecified atom stereocenters. The molecule has 3 aliphatic rings. The van der Waals surface area contributed by atoms with Gasteiger partial charge in [-0.1, -0.05) is 0 Å². The maximum atomic E-state index is 12.7. The molecule has 2 saturated heterocycles. The van der Waals surface area contributed by atoms with Crippen LogP contribution >= 0.6 is 0 Å². The van der Waals surface area contributed by atoms with Crippen molar-refractivity contribution < 1.29 is 4.79 Å². The number of carbonyl (C=O) groups is 1. The van der Waals surface area contributed by atoms with Crippen molar-refractivity contribution in [2.45, 2.75) is 57.2 Å². The van der Waals surface area contributed by atoms with Gasteiger partial charge in [-0.2, -0.15) is 0 Å². The predicted molar refractivity (Wildman–Crippen MR) is 84.3 cm³/mol. The van der Waals surface area contributed by atoms with Crippen LogP contribution in [-0.2, 0) is 4.79 Å². The number of hydrogen-bond acceptors (Lipinski definition) is 4. The summed E-state index contributed by atoms with van der Waals surface area (Å²) in [5.74, 6) is 0.203. The van der Waals surface area contributed by atoms with Crippen molar-refractivity contribution >= 4 is 5.91 Å². The van der Waals surface area contributed by atoms with Crippen molar-refractivity contribution in [1.82, 2.24) is 20.4 Å². The number of carbonyl (C=O) groups excluding carboxylic acids is 1. The Labute approximate surface area is 128 Å². The van der Waals surface area contributed by atoms with E-state index in [0.29, 0.717) is 6.04 Å². The number of piperazine rings is 1. The highest BCUT2D eigenvalue weighted by atomic mass is 16.2. The number of amides is 1. The zero-order valence-electron chi connectivity index (χ0n) is 13.5. The van der Waals surface area contributed by atoms with Crippen LogP contribution in [0.3, 0.4) is 0 Å². The maximum absolute atomic E-state index is 12.7. The van der Waals surface area contributed by atoms with Gasteiger partial charge in [-0.05, 0) is 39.5 Å². The first-order chi connectivity index (χ1) is 10.1. The maximum Gasteiger partial charge on any atom is 0.240 e. The summed E-state index contributed by atoms with van der Waals surface area (Å²) in [4.78, 5) is 17.6. The molecule has 0 aromatic carbocycles. The summed E-state index contributed by atoms with van der Waals surface area (Å²) in [6.45, 7) is 10.3. The van der Waals surface area contributed by atoms with Gasteiger partial charge in [-0.3, -0.25) is 9.69 Å². The molecule has 1 saturated carbocycles. The number of hydrogen-bond donors (Lipinski definition) is 2. The minimum atomic E-state index is -0.393. The summed E-state index contributed by atoms with van der Waals surface area (Å²) in [7, 11) is 0. The van der Waals surface area contributed by atoms with E-state index in [1.165, 1.54) is 12.8 Å². The van der Waals surface area contributed by atoms with E-state index in [1.54, 1.807) is 0 Å². The Morgan fingerprint density at radius 2 is 1.67 bits per heavy atom. The molecule has 0 aromatic heterocycles. The summed E-state index contributed by atoms with van der Waals surface area (Å²) in [5.41, 5.74) is -0.393. The third-order valence-corrected chi connectivity index (χ3v) is 5.39. The van der Waals surface area contributed by atoms with Crippen molar-refractivity contribution in [3.63, 3.8) is 0 Å². The van der Waals surface area contributed by atoms with Crippen LogP contribution in [-0.4, -0.2) is 72.6 Å². The number of rotatable bonds is 4. The molecule has 0 radical (unpaired) electrons. The first-order valence-electron chi connectivity index (χ1n) is 8.58. The fraction of sp³-hybridized carbons (Fsp3) is 0.938. The zero-order chi connectivity index (χ0) is 14.9. The van der Waals surface area contributed by atoms with Gasteiger partial charge in [0.2, 0.25) is 5.91 Å². The van der Waals surface area contributed by atoms with E-state index in [1.807, 2.05) is 0 Å². The lowest BCUT2D eigenvalue weighted by molar-refractivity contribution is -0.133. The van der Waals surface area contributed by atoms with Crippen LogP contribution in [0.4, 0.5) is 0 Å². The van der Waals surface area contributed by atoms with Crippen molar-refractivity contribution in [2.24, 2.45) is 0 Å². The van der Waals surface area contributed by atoms with Crippen LogP contribution in [0.1, 0.15) is 39.5 Å². The fourth-order valence-corrected chi connectivity index (χ4v) is 3.58. The zero-order valence-corrected chi connectivity index (χ0v) is 13.5. The first kappa shape index (κ1) is 15.3. The third kappa shape index (κ3) is 3.58. The molecule has 120 valence electrons. The Morgan fingerprint density at radius 3 is 2.24 bits per heavy atom. The molecule has 0 spiro atoms. The topological polar surface area (TPSA) is 47.6 Å². The summed E-state index contributed by atoms with van der Waals surface area (Å²) in [5, 5.41) is 6.66. The minimum absolute atomic E-state index is 0.203. The molecule has 0 atom stereocenters. The second-order valence-electron chi connectivity index (χ2n) is 7.31. The SMILES string of the molecule is CC(C)(C(=O)NC1CCN(C2CC2)CC1)N1CCNCC1. The highest BCUT2D eigenvalue weighted by molar-refractivity contribution is 5.85. The smallest absolute Gasteiger partial charge is 0.240 e. The van der Waals surface area contributed by atoms with Gasteiger partial charge in [0.15, 0.2) is 0 Å². The Bertz CT molecular complexity index is 366. The van der Waals surface area contributed by atoms with E-state index in [-0.39, 0.29) is 5.91 Å². The van der Waals surface area contributed by atoms with Gasteiger partial charge in [0.25, 0.3) is 0 Å². The molecule has 5 nitrogen and oxygen atoms in total. The van der Waals surface area contributed by atoms with E-state index < -0.39 is 5.54 Å². The van der Waals surface area contributed by atoms with Crippen molar-refractivity contribution in [3.8, 4) is 0 Å². The van der Waals surface area contributed by atoms with Gasteiger partial charge in [0.05, 0.1) is 5.54 Å². The molecular formula is C16H30N4O. The monoisotopic (exact) mass is 294 g/mol. The van der Waals surface area contributed by atoms with E-state index in [0.717, 1.165) is 58.2 Å². The van der Waals surface area contributed by atoms with Crippen LogP contribution in [0.15, 0.2) is 0 Å². The van der Waals surface area contributed by atoms with E-state index in [2.05, 4.69) is 34.3 Å². The molecule has 1 amide bonds. The molecule has 3 rings (SSSR count).